The van der Waals surface area contributed by atoms with E-state index in [1.165, 1.54) is 0 Å². The Labute approximate surface area is 212 Å². The quantitative estimate of drug-likeness (QED) is 0.461. The molecule has 10 heteroatoms. The monoisotopic (exact) mass is 509 g/mol. The normalized spacial score (nSPS) is 15.6. The Kier molecular flexibility index (Phi) is 7.73. The second-order valence-corrected chi connectivity index (χ2v) is 11.3. The molecule has 0 saturated carbocycles. The first kappa shape index (κ1) is 25.8. The molecule has 0 radical (unpaired) electrons. The van der Waals surface area contributed by atoms with Gasteiger partial charge in [0.1, 0.15) is 11.8 Å². The zero-order chi connectivity index (χ0) is 25.9. The highest BCUT2D eigenvalue weighted by molar-refractivity contribution is 7.89. The maximum Gasteiger partial charge on any atom is 0.258 e. The number of rotatable bonds is 9. The Hall–Kier alpha value is -3.26. The summed E-state index contributed by atoms with van der Waals surface area (Å²) < 4.78 is 39.4. The molecule has 0 amide bonds. The van der Waals surface area contributed by atoms with Crippen LogP contribution in [-0.2, 0) is 16.4 Å². The minimum Gasteiger partial charge on any atom is -0.490 e. The van der Waals surface area contributed by atoms with Crippen molar-refractivity contribution in [3.8, 4) is 34.7 Å². The van der Waals surface area contributed by atoms with Gasteiger partial charge in [0.05, 0.1) is 17.4 Å². The highest BCUT2D eigenvalue weighted by Crippen LogP contribution is 2.36. The van der Waals surface area contributed by atoms with Gasteiger partial charge in [0, 0.05) is 23.7 Å². The number of benzene rings is 2. The van der Waals surface area contributed by atoms with E-state index in [2.05, 4.69) is 20.9 Å². The van der Waals surface area contributed by atoms with Crippen molar-refractivity contribution in [3.63, 3.8) is 0 Å². The molecule has 36 heavy (non-hydrogen) atoms. The third-order valence-electron chi connectivity index (χ3n) is 6.01. The lowest BCUT2D eigenvalue weighted by molar-refractivity contribution is 0.241. The third-order valence-corrected chi connectivity index (χ3v) is 7.38. The molecule has 9 nitrogen and oxygen atoms in total. The van der Waals surface area contributed by atoms with Crippen LogP contribution < -0.4 is 9.46 Å². The van der Waals surface area contributed by atoms with E-state index in [-0.39, 0.29) is 17.9 Å². The Morgan fingerprint density at radius 3 is 2.81 bits per heavy atom. The molecule has 1 aromatic heterocycles. The van der Waals surface area contributed by atoms with E-state index < -0.39 is 10.0 Å². The Balaban J connectivity index is 1.61. The highest BCUT2D eigenvalue weighted by atomic mass is 32.2. The average molecular weight is 510 g/mol. The predicted molar refractivity (Wildman–Crippen MR) is 137 cm³/mol. The van der Waals surface area contributed by atoms with Crippen molar-refractivity contribution >= 4 is 10.0 Å². The fraction of sp³-hybridized carbons (Fsp3) is 0.423. The lowest BCUT2D eigenvalue weighted by Gasteiger charge is -2.27. The van der Waals surface area contributed by atoms with Crippen LogP contribution in [0.5, 0.6) is 5.75 Å². The number of nitriles is 1. The molecule has 1 aliphatic carbocycles. The predicted octanol–water partition coefficient (Wildman–Crippen LogP) is 3.92. The molecule has 0 fully saturated rings. The Morgan fingerprint density at radius 1 is 1.28 bits per heavy atom. The average Bonchev–Trinajstić information content (AvgIpc) is 3.32. The lowest BCUT2D eigenvalue weighted by Crippen LogP contribution is -2.35. The molecule has 1 atom stereocenters. The van der Waals surface area contributed by atoms with Gasteiger partial charge in [-0.3, -0.25) is 0 Å². The lowest BCUT2D eigenvalue weighted by atomic mass is 9.85. The van der Waals surface area contributed by atoms with E-state index >= 15 is 0 Å². The maximum absolute atomic E-state index is 12.7. The summed E-state index contributed by atoms with van der Waals surface area (Å²) in [4.78, 5) is 6.45. The summed E-state index contributed by atoms with van der Waals surface area (Å²) in [5.41, 5.74) is 3.80. The van der Waals surface area contributed by atoms with Crippen molar-refractivity contribution in [2.45, 2.75) is 45.3 Å². The summed E-state index contributed by atoms with van der Waals surface area (Å²) in [5.74, 6) is 1.28. The van der Waals surface area contributed by atoms with Gasteiger partial charge < -0.3 is 14.2 Å². The van der Waals surface area contributed by atoms with Crippen molar-refractivity contribution < 1.29 is 17.7 Å². The van der Waals surface area contributed by atoms with Crippen LogP contribution in [0.1, 0.15) is 49.4 Å². The maximum atomic E-state index is 12.7. The van der Waals surface area contributed by atoms with Gasteiger partial charge in [0.2, 0.25) is 15.8 Å². The van der Waals surface area contributed by atoms with Crippen LogP contribution >= 0.6 is 0 Å². The molecule has 4 rings (SSSR count). The summed E-state index contributed by atoms with van der Waals surface area (Å²) in [5, 5.41) is 13.7. The van der Waals surface area contributed by atoms with Crippen LogP contribution in [0.15, 0.2) is 40.9 Å². The molecule has 0 aliphatic heterocycles. The van der Waals surface area contributed by atoms with Crippen molar-refractivity contribution in [3.05, 3.63) is 53.1 Å². The Bertz CT molecular complexity index is 1380. The Morgan fingerprint density at radius 2 is 2.08 bits per heavy atom. The summed E-state index contributed by atoms with van der Waals surface area (Å²) in [6, 6.07) is 12.8. The van der Waals surface area contributed by atoms with Crippen LogP contribution in [0.3, 0.4) is 0 Å². The smallest absolute Gasteiger partial charge is 0.258 e. The third kappa shape index (κ3) is 5.93. The number of sulfonamides is 1. The van der Waals surface area contributed by atoms with Crippen LogP contribution in [0.25, 0.3) is 22.8 Å². The fourth-order valence-corrected chi connectivity index (χ4v) is 5.72. The van der Waals surface area contributed by atoms with Crippen LogP contribution in [0.2, 0.25) is 0 Å². The first-order chi connectivity index (χ1) is 17.2. The second-order valence-electron chi connectivity index (χ2n) is 9.47. The topological polar surface area (TPSA) is 121 Å². The number of fused-ring (bicyclic) bond motifs is 1. The number of nitrogens with one attached hydrogen (secondary N) is 1. The number of hydrogen-bond donors (Lipinski definition) is 1. The number of ether oxygens (including phenoxy) is 1. The van der Waals surface area contributed by atoms with Crippen LogP contribution in [0, 0.1) is 11.3 Å². The van der Waals surface area contributed by atoms with E-state index in [1.54, 1.807) is 18.2 Å². The van der Waals surface area contributed by atoms with E-state index in [9.17, 15) is 13.7 Å². The molecule has 2 aromatic carbocycles. The minimum atomic E-state index is -3.42. The van der Waals surface area contributed by atoms with Crippen molar-refractivity contribution in [2.24, 2.45) is 0 Å². The molecule has 3 aromatic rings. The standard InChI is InChI=1S/C26H31N5O4S/c1-17(2)34-24-12-11-18(15-19(24)16-27)26-28-25(29-35-26)22-9-5-8-21-20(22)7-6-10-23(21)30-36(32,33)14-13-31(3)4/h5,8-9,11-12,15,17,23,30H,6-7,10,13-14H2,1-4H3/t23-/m1/s1. The van der Waals surface area contributed by atoms with Gasteiger partial charge in [-0.1, -0.05) is 23.4 Å². The van der Waals surface area contributed by atoms with Gasteiger partial charge in [0.25, 0.3) is 5.89 Å². The zero-order valence-corrected chi connectivity index (χ0v) is 21.8. The van der Waals surface area contributed by atoms with Crippen molar-refractivity contribution in [1.29, 1.82) is 5.26 Å². The summed E-state index contributed by atoms with van der Waals surface area (Å²) in [6.45, 7) is 4.26. The fourth-order valence-electron chi connectivity index (χ4n) is 4.32. The SMILES string of the molecule is CC(C)Oc1ccc(-c2nc(-c3cccc4c3CCC[C@H]4NS(=O)(=O)CCN(C)C)no2)cc1C#N. The van der Waals surface area contributed by atoms with E-state index in [0.717, 1.165) is 36.0 Å². The first-order valence-electron chi connectivity index (χ1n) is 12.0. The molecule has 1 heterocycles. The van der Waals surface area contributed by atoms with Crippen molar-refractivity contribution in [2.75, 3.05) is 26.4 Å². The first-order valence-corrected chi connectivity index (χ1v) is 13.6. The van der Waals surface area contributed by atoms with Gasteiger partial charge in [-0.15, -0.1) is 0 Å². The highest BCUT2D eigenvalue weighted by Gasteiger charge is 2.27. The van der Waals surface area contributed by atoms with Gasteiger partial charge in [0.15, 0.2) is 0 Å². The van der Waals surface area contributed by atoms with Gasteiger partial charge in [-0.25, -0.2) is 13.1 Å². The number of aromatic nitrogens is 2. The molecule has 1 aliphatic rings. The molecule has 1 N–H and O–H groups in total. The minimum absolute atomic E-state index is 0.0470. The van der Waals surface area contributed by atoms with Gasteiger partial charge >= 0.3 is 0 Å². The second kappa shape index (κ2) is 10.8. The number of hydrogen-bond acceptors (Lipinski definition) is 8. The summed E-state index contributed by atoms with van der Waals surface area (Å²) in [6.07, 6.45) is 2.32. The van der Waals surface area contributed by atoms with Gasteiger partial charge in [-0.05, 0) is 76.5 Å². The van der Waals surface area contributed by atoms with Crippen molar-refractivity contribution in [1.82, 2.24) is 19.8 Å². The van der Waals surface area contributed by atoms with Crippen LogP contribution in [0.4, 0.5) is 0 Å². The van der Waals surface area contributed by atoms with Gasteiger partial charge in [-0.2, -0.15) is 10.2 Å². The van der Waals surface area contributed by atoms with E-state index in [0.29, 0.717) is 35.1 Å². The molecule has 0 bridgehead atoms. The van der Waals surface area contributed by atoms with E-state index in [4.69, 9.17) is 9.26 Å². The zero-order valence-electron chi connectivity index (χ0n) is 21.0. The molecule has 0 saturated heterocycles. The summed E-state index contributed by atoms with van der Waals surface area (Å²) >= 11 is 0. The molecular weight excluding hydrogens is 478 g/mol. The number of nitrogens with zero attached hydrogens (tertiary/aromatic N) is 4. The van der Waals surface area contributed by atoms with Crippen LogP contribution in [-0.4, -0.2) is 56.0 Å². The largest absolute Gasteiger partial charge is 0.490 e. The molecule has 190 valence electrons. The molecular formula is C26H31N5O4S. The summed E-state index contributed by atoms with van der Waals surface area (Å²) in [7, 11) is 0.282. The molecule has 0 unspecified atom stereocenters. The molecule has 0 spiro atoms. The van der Waals surface area contributed by atoms with E-state index in [1.807, 2.05) is 51.0 Å².